The average Bonchev–Trinajstić information content (AvgIpc) is 3.07. The van der Waals surface area contributed by atoms with E-state index < -0.39 is 11.6 Å². The zero-order chi connectivity index (χ0) is 32.2. The van der Waals surface area contributed by atoms with Crippen molar-refractivity contribution in [1.82, 2.24) is 0 Å². The summed E-state index contributed by atoms with van der Waals surface area (Å²) in [6.07, 6.45) is 9.24. The lowest BCUT2D eigenvalue weighted by atomic mass is 9.81. The number of rotatable bonds is 17. The van der Waals surface area contributed by atoms with Gasteiger partial charge in [-0.25, -0.2) is 4.79 Å². The van der Waals surface area contributed by atoms with Crippen LogP contribution in [0.25, 0.3) is 6.08 Å². The predicted octanol–water partition coefficient (Wildman–Crippen LogP) is 8.90. The van der Waals surface area contributed by atoms with E-state index in [-0.39, 0.29) is 23.4 Å². The molecule has 3 aromatic carbocycles. The summed E-state index contributed by atoms with van der Waals surface area (Å²) in [7, 11) is 2.93. The van der Waals surface area contributed by atoms with Crippen molar-refractivity contribution >= 4 is 23.6 Å². The molecule has 0 aliphatic rings. The Labute approximate surface area is 263 Å². The summed E-state index contributed by atoms with van der Waals surface area (Å²) < 4.78 is 16.1. The van der Waals surface area contributed by atoms with Crippen LogP contribution in [0.5, 0.6) is 0 Å². The van der Waals surface area contributed by atoms with Gasteiger partial charge >= 0.3 is 5.97 Å². The monoisotopic (exact) mass is 600 g/mol. The number of methoxy groups -OCH3 is 2. The highest BCUT2D eigenvalue weighted by Crippen LogP contribution is 2.28. The zero-order valence-electron chi connectivity index (χ0n) is 26.9. The first kappa shape index (κ1) is 36.2. The first-order chi connectivity index (χ1) is 21.3. The quantitative estimate of drug-likeness (QED) is 0.0384. The molecule has 0 N–H and O–H groups in total. The van der Waals surface area contributed by atoms with E-state index in [0.29, 0.717) is 17.5 Å². The van der Waals surface area contributed by atoms with Crippen molar-refractivity contribution in [3.8, 4) is 0 Å². The minimum Gasteiger partial charge on any atom is -0.490 e. The number of hydrogen-bond acceptors (Lipinski definition) is 6. The number of ether oxygens (including phenoxy) is 3. The number of carbonyl (C=O) groups excluding carboxylic acids is 3. The van der Waals surface area contributed by atoms with E-state index >= 15 is 0 Å². The Morgan fingerprint density at radius 2 is 1.20 bits per heavy atom. The van der Waals surface area contributed by atoms with Crippen molar-refractivity contribution in [3.05, 3.63) is 113 Å². The molecule has 0 heterocycles. The van der Waals surface area contributed by atoms with E-state index in [4.69, 9.17) is 14.2 Å². The van der Waals surface area contributed by atoms with E-state index in [9.17, 15) is 14.4 Å². The average molecular weight is 601 g/mol. The molecule has 3 aromatic rings. The van der Waals surface area contributed by atoms with E-state index in [1.54, 1.807) is 54.6 Å². The molecule has 0 aromatic heterocycles. The second-order valence-corrected chi connectivity index (χ2v) is 10.7. The van der Waals surface area contributed by atoms with Gasteiger partial charge in [0.15, 0.2) is 5.60 Å². The molecule has 1 unspecified atom stereocenters. The molecule has 6 heteroatoms. The molecule has 0 spiro atoms. The maximum atomic E-state index is 13.1. The predicted molar refractivity (Wildman–Crippen MR) is 177 cm³/mol. The highest BCUT2D eigenvalue weighted by atomic mass is 16.6. The summed E-state index contributed by atoms with van der Waals surface area (Å²) in [6.45, 7) is 6.14. The van der Waals surface area contributed by atoms with Gasteiger partial charge in [0.1, 0.15) is 0 Å². The molecule has 1 atom stereocenters. The van der Waals surface area contributed by atoms with E-state index in [1.165, 1.54) is 33.5 Å². The standard InChI is InChI=1S/C20H22O3.C18H26O3/c1-3-4-15-20(23-2,18(21)16-11-7-5-8-12-16)19(22)17-13-9-6-10-14-17;1-4-5-6-8-11-15(2)21-18(19)17(20-3)14-16-12-9-7-10-13-16/h5-14H,3-4,15H2,1-2H3;7,9-10,12-15H,4-6,8,11H2,1-3H3. The molecule has 0 amide bonds. The van der Waals surface area contributed by atoms with Crippen molar-refractivity contribution < 1.29 is 28.6 Å². The number of hydrogen-bond donors (Lipinski definition) is 0. The lowest BCUT2D eigenvalue weighted by Gasteiger charge is -2.29. The molecule has 0 fully saturated rings. The van der Waals surface area contributed by atoms with Crippen molar-refractivity contribution in [2.45, 2.75) is 83.8 Å². The first-order valence-electron chi connectivity index (χ1n) is 15.6. The second kappa shape index (κ2) is 20.0. The Morgan fingerprint density at radius 3 is 1.66 bits per heavy atom. The molecule has 6 nitrogen and oxygen atoms in total. The zero-order valence-corrected chi connectivity index (χ0v) is 26.9. The fraction of sp³-hybridized carbons (Fsp3) is 0.395. The molecule has 0 radical (unpaired) electrons. The minimum absolute atomic E-state index is 0.0799. The molecule has 0 saturated carbocycles. The number of carbonyl (C=O) groups is 3. The summed E-state index contributed by atoms with van der Waals surface area (Å²) in [4.78, 5) is 38.2. The van der Waals surface area contributed by atoms with Gasteiger partial charge in [0, 0.05) is 18.2 Å². The van der Waals surface area contributed by atoms with Gasteiger partial charge in [-0.3, -0.25) is 9.59 Å². The Balaban J connectivity index is 0.000000308. The lowest BCUT2D eigenvalue weighted by molar-refractivity contribution is -0.147. The molecule has 0 aliphatic carbocycles. The van der Waals surface area contributed by atoms with E-state index in [0.717, 1.165) is 31.2 Å². The molecule has 0 saturated heterocycles. The molecule has 3 rings (SSSR count). The third-order valence-electron chi connectivity index (χ3n) is 7.33. The fourth-order valence-corrected chi connectivity index (χ4v) is 4.75. The molecule has 0 aliphatic heterocycles. The third kappa shape index (κ3) is 11.2. The molecular formula is C38H48O6. The Hall–Kier alpha value is -4.03. The maximum Gasteiger partial charge on any atom is 0.373 e. The number of esters is 1. The molecule has 236 valence electrons. The van der Waals surface area contributed by atoms with Crippen LogP contribution >= 0.6 is 0 Å². The van der Waals surface area contributed by atoms with Gasteiger partial charge in [0.25, 0.3) is 0 Å². The van der Waals surface area contributed by atoms with E-state index in [2.05, 4.69) is 6.92 Å². The number of benzene rings is 3. The highest BCUT2D eigenvalue weighted by Gasteiger charge is 2.46. The normalized spacial score (nSPS) is 12.0. The van der Waals surface area contributed by atoms with Crippen LogP contribution in [0.1, 0.15) is 98.4 Å². The van der Waals surface area contributed by atoms with Crippen LogP contribution in [0.2, 0.25) is 0 Å². The van der Waals surface area contributed by atoms with Crippen LogP contribution in [0.4, 0.5) is 0 Å². The van der Waals surface area contributed by atoms with Gasteiger partial charge in [-0.15, -0.1) is 0 Å². The SMILES string of the molecule is CCCCC(OC)(C(=O)c1ccccc1)C(=O)c1ccccc1.CCCCCCC(C)OC(=O)C(=Cc1ccccc1)OC. The van der Waals surface area contributed by atoms with Crippen LogP contribution in [0.3, 0.4) is 0 Å². The summed E-state index contributed by atoms with van der Waals surface area (Å²) >= 11 is 0. The molecular weight excluding hydrogens is 552 g/mol. The molecule has 44 heavy (non-hydrogen) atoms. The Bertz CT molecular complexity index is 1230. The second-order valence-electron chi connectivity index (χ2n) is 10.7. The van der Waals surface area contributed by atoms with Crippen molar-refractivity contribution in [3.63, 3.8) is 0 Å². The summed E-state index contributed by atoms with van der Waals surface area (Å²) in [6, 6.07) is 27.3. The summed E-state index contributed by atoms with van der Waals surface area (Å²) in [5.74, 6) is -0.711. The highest BCUT2D eigenvalue weighted by molar-refractivity contribution is 6.22. The Morgan fingerprint density at radius 1 is 0.705 bits per heavy atom. The minimum atomic E-state index is -1.46. The van der Waals surface area contributed by atoms with Crippen LogP contribution in [-0.4, -0.2) is 43.5 Å². The van der Waals surface area contributed by atoms with Crippen molar-refractivity contribution in [1.29, 1.82) is 0 Å². The van der Waals surface area contributed by atoms with E-state index in [1.807, 2.05) is 56.3 Å². The first-order valence-corrected chi connectivity index (χ1v) is 15.6. The van der Waals surface area contributed by atoms with Gasteiger partial charge in [0.05, 0.1) is 13.2 Å². The van der Waals surface area contributed by atoms with Gasteiger partial charge < -0.3 is 14.2 Å². The van der Waals surface area contributed by atoms with Gasteiger partial charge in [-0.1, -0.05) is 131 Å². The topological polar surface area (TPSA) is 78.9 Å². The molecule has 0 bridgehead atoms. The van der Waals surface area contributed by atoms with Crippen molar-refractivity contribution in [2.24, 2.45) is 0 Å². The summed E-state index contributed by atoms with van der Waals surface area (Å²) in [5.41, 5.74) is 0.449. The number of unbranched alkanes of at least 4 members (excludes halogenated alkanes) is 4. The number of ketones is 2. The van der Waals surface area contributed by atoms with Crippen LogP contribution in [0, 0.1) is 0 Å². The van der Waals surface area contributed by atoms with Gasteiger partial charge in [0.2, 0.25) is 17.3 Å². The smallest absolute Gasteiger partial charge is 0.373 e. The summed E-state index contributed by atoms with van der Waals surface area (Å²) in [5, 5.41) is 0. The maximum absolute atomic E-state index is 13.1. The fourth-order valence-electron chi connectivity index (χ4n) is 4.75. The Kier molecular flexibility index (Phi) is 16.5. The van der Waals surface area contributed by atoms with Gasteiger partial charge in [-0.05, 0) is 44.2 Å². The van der Waals surface area contributed by atoms with Gasteiger partial charge in [-0.2, -0.15) is 0 Å². The van der Waals surface area contributed by atoms with Crippen LogP contribution in [-0.2, 0) is 19.0 Å². The van der Waals surface area contributed by atoms with Crippen LogP contribution in [0.15, 0.2) is 96.8 Å². The third-order valence-corrected chi connectivity index (χ3v) is 7.33. The lowest BCUT2D eigenvalue weighted by Crippen LogP contribution is -2.48. The van der Waals surface area contributed by atoms with Crippen molar-refractivity contribution in [2.75, 3.05) is 14.2 Å². The largest absolute Gasteiger partial charge is 0.490 e. The number of Topliss-reactive ketones (excluding diaryl/α,β-unsaturated/α-hetero) is 2. The van der Waals surface area contributed by atoms with Crippen LogP contribution < -0.4 is 0 Å².